The summed E-state index contributed by atoms with van der Waals surface area (Å²) in [6, 6.07) is 14.9. The van der Waals surface area contributed by atoms with Crippen molar-refractivity contribution in [3.63, 3.8) is 0 Å². The fourth-order valence-corrected chi connectivity index (χ4v) is 2.56. The SMILES string of the molecule is CCOc1ccc(Br)cc1C=C1N=C(c2ccccc2)OC1=O. The molecule has 0 N–H and O–H groups in total. The normalized spacial score (nSPS) is 15.5. The molecule has 0 bridgehead atoms. The second kappa shape index (κ2) is 6.79. The topological polar surface area (TPSA) is 47.9 Å². The van der Waals surface area contributed by atoms with E-state index in [1.807, 2.05) is 55.5 Å². The third kappa shape index (κ3) is 3.51. The first kappa shape index (κ1) is 15.5. The average Bonchev–Trinajstić information content (AvgIpc) is 2.92. The molecule has 0 atom stereocenters. The van der Waals surface area contributed by atoms with Crippen LogP contribution in [0.4, 0.5) is 0 Å². The summed E-state index contributed by atoms with van der Waals surface area (Å²) < 4.78 is 11.7. The molecule has 1 aliphatic heterocycles. The summed E-state index contributed by atoms with van der Waals surface area (Å²) >= 11 is 3.42. The number of rotatable bonds is 4. The van der Waals surface area contributed by atoms with Gasteiger partial charge in [0.2, 0.25) is 5.90 Å². The first-order valence-corrected chi connectivity index (χ1v) is 7.97. The summed E-state index contributed by atoms with van der Waals surface area (Å²) in [6.45, 7) is 2.45. The molecule has 1 heterocycles. The predicted molar refractivity (Wildman–Crippen MR) is 92.4 cm³/mol. The Morgan fingerprint density at radius 1 is 1.22 bits per heavy atom. The number of benzene rings is 2. The summed E-state index contributed by atoms with van der Waals surface area (Å²) in [6.07, 6.45) is 1.67. The Hall–Kier alpha value is -2.40. The van der Waals surface area contributed by atoms with E-state index in [4.69, 9.17) is 9.47 Å². The number of hydrogen-bond donors (Lipinski definition) is 0. The van der Waals surface area contributed by atoms with Crippen molar-refractivity contribution in [2.24, 2.45) is 4.99 Å². The Labute approximate surface area is 142 Å². The number of esters is 1. The molecule has 23 heavy (non-hydrogen) atoms. The standard InChI is InChI=1S/C18H14BrNO3/c1-2-22-16-9-8-14(19)10-13(16)11-15-18(21)23-17(20-15)12-6-4-3-5-7-12/h3-11H,2H2,1H3. The molecule has 0 saturated heterocycles. The van der Waals surface area contributed by atoms with Crippen LogP contribution < -0.4 is 4.74 Å². The highest BCUT2D eigenvalue weighted by Crippen LogP contribution is 2.27. The summed E-state index contributed by atoms with van der Waals surface area (Å²) in [5.74, 6) is 0.542. The zero-order chi connectivity index (χ0) is 16.2. The number of nitrogens with zero attached hydrogens (tertiary/aromatic N) is 1. The predicted octanol–water partition coefficient (Wildman–Crippen LogP) is 4.19. The van der Waals surface area contributed by atoms with Crippen molar-refractivity contribution in [3.05, 3.63) is 69.8 Å². The van der Waals surface area contributed by atoms with Gasteiger partial charge in [-0.2, -0.15) is 0 Å². The van der Waals surface area contributed by atoms with Gasteiger partial charge in [-0.3, -0.25) is 0 Å². The van der Waals surface area contributed by atoms with Crippen LogP contribution in [0.25, 0.3) is 6.08 Å². The van der Waals surface area contributed by atoms with Crippen molar-refractivity contribution >= 4 is 33.9 Å². The zero-order valence-electron chi connectivity index (χ0n) is 12.5. The van der Waals surface area contributed by atoms with E-state index in [2.05, 4.69) is 20.9 Å². The fraction of sp³-hybridized carbons (Fsp3) is 0.111. The highest BCUT2D eigenvalue weighted by atomic mass is 79.9. The maximum Gasteiger partial charge on any atom is 0.363 e. The molecular weight excluding hydrogens is 358 g/mol. The molecule has 0 aliphatic carbocycles. The molecule has 0 aromatic heterocycles. The molecule has 116 valence electrons. The van der Waals surface area contributed by atoms with E-state index in [1.54, 1.807) is 6.08 Å². The van der Waals surface area contributed by atoms with Gasteiger partial charge in [0.15, 0.2) is 5.70 Å². The Morgan fingerprint density at radius 3 is 2.74 bits per heavy atom. The minimum absolute atomic E-state index is 0.253. The molecular formula is C18H14BrNO3. The summed E-state index contributed by atoms with van der Waals surface area (Å²) in [4.78, 5) is 16.4. The second-order valence-corrected chi connectivity index (χ2v) is 5.73. The number of carbonyl (C=O) groups excluding carboxylic acids is 1. The average molecular weight is 372 g/mol. The van der Waals surface area contributed by atoms with Crippen LogP contribution in [-0.2, 0) is 9.53 Å². The molecule has 0 amide bonds. The van der Waals surface area contributed by atoms with Crippen LogP contribution in [0.5, 0.6) is 5.75 Å². The van der Waals surface area contributed by atoms with Crippen molar-refractivity contribution < 1.29 is 14.3 Å². The van der Waals surface area contributed by atoms with Crippen LogP contribution in [0.1, 0.15) is 18.1 Å². The number of aliphatic imine (C=N–C) groups is 1. The van der Waals surface area contributed by atoms with E-state index < -0.39 is 5.97 Å². The Kier molecular flexibility index (Phi) is 4.57. The second-order valence-electron chi connectivity index (χ2n) is 4.82. The minimum atomic E-state index is -0.466. The van der Waals surface area contributed by atoms with E-state index >= 15 is 0 Å². The maximum atomic E-state index is 12.1. The minimum Gasteiger partial charge on any atom is -0.493 e. The summed E-state index contributed by atoms with van der Waals surface area (Å²) in [5.41, 5.74) is 1.79. The lowest BCUT2D eigenvalue weighted by Gasteiger charge is -2.07. The van der Waals surface area contributed by atoms with Crippen LogP contribution in [0.15, 0.2) is 63.7 Å². The lowest BCUT2D eigenvalue weighted by Crippen LogP contribution is -2.05. The largest absolute Gasteiger partial charge is 0.493 e. The first-order valence-electron chi connectivity index (χ1n) is 7.17. The molecule has 0 fully saturated rings. The van der Waals surface area contributed by atoms with Gasteiger partial charge in [-0.05, 0) is 43.3 Å². The van der Waals surface area contributed by atoms with Crippen LogP contribution in [0.2, 0.25) is 0 Å². The Morgan fingerprint density at radius 2 is 2.00 bits per heavy atom. The number of cyclic esters (lactones) is 1. The number of carbonyl (C=O) groups is 1. The highest BCUT2D eigenvalue weighted by Gasteiger charge is 2.24. The Bertz CT molecular complexity index is 797. The lowest BCUT2D eigenvalue weighted by molar-refractivity contribution is -0.129. The van der Waals surface area contributed by atoms with Crippen LogP contribution >= 0.6 is 15.9 Å². The molecule has 3 rings (SSSR count). The van der Waals surface area contributed by atoms with Crippen molar-refractivity contribution in [1.82, 2.24) is 0 Å². The fourth-order valence-electron chi connectivity index (χ4n) is 2.18. The number of halogens is 1. The van der Waals surface area contributed by atoms with Gasteiger partial charge in [0.05, 0.1) is 6.61 Å². The highest BCUT2D eigenvalue weighted by molar-refractivity contribution is 9.10. The van der Waals surface area contributed by atoms with E-state index in [1.165, 1.54) is 0 Å². The molecule has 0 radical (unpaired) electrons. The molecule has 5 heteroatoms. The molecule has 1 aliphatic rings. The van der Waals surface area contributed by atoms with E-state index in [9.17, 15) is 4.79 Å². The van der Waals surface area contributed by atoms with Crippen LogP contribution in [-0.4, -0.2) is 18.5 Å². The smallest absolute Gasteiger partial charge is 0.363 e. The van der Waals surface area contributed by atoms with E-state index in [-0.39, 0.29) is 5.70 Å². The van der Waals surface area contributed by atoms with Crippen molar-refractivity contribution in [2.75, 3.05) is 6.61 Å². The molecule has 2 aromatic carbocycles. The number of hydrogen-bond acceptors (Lipinski definition) is 4. The third-order valence-corrected chi connectivity index (χ3v) is 3.70. The van der Waals surface area contributed by atoms with Gasteiger partial charge >= 0.3 is 5.97 Å². The molecule has 4 nitrogen and oxygen atoms in total. The van der Waals surface area contributed by atoms with Crippen LogP contribution in [0, 0.1) is 0 Å². The van der Waals surface area contributed by atoms with Crippen molar-refractivity contribution in [2.45, 2.75) is 6.92 Å². The zero-order valence-corrected chi connectivity index (χ0v) is 14.0. The Balaban J connectivity index is 1.98. The van der Waals surface area contributed by atoms with Gasteiger partial charge in [0.1, 0.15) is 5.75 Å². The summed E-state index contributed by atoms with van der Waals surface area (Å²) in [5, 5.41) is 0. The quantitative estimate of drug-likeness (QED) is 0.597. The van der Waals surface area contributed by atoms with Gasteiger partial charge in [-0.1, -0.05) is 34.1 Å². The first-order chi connectivity index (χ1) is 11.2. The number of ether oxygens (including phenoxy) is 2. The van der Waals surface area contributed by atoms with E-state index in [0.29, 0.717) is 18.3 Å². The summed E-state index contributed by atoms with van der Waals surface area (Å²) in [7, 11) is 0. The molecule has 0 spiro atoms. The molecule has 0 saturated carbocycles. The third-order valence-electron chi connectivity index (χ3n) is 3.21. The van der Waals surface area contributed by atoms with Gasteiger partial charge in [0, 0.05) is 15.6 Å². The molecule has 2 aromatic rings. The van der Waals surface area contributed by atoms with Crippen LogP contribution in [0.3, 0.4) is 0 Å². The monoisotopic (exact) mass is 371 g/mol. The molecule has 0 unspecified atom stereocenters. The van der Waals surface area contributed by atoms with Gasteiger partial charge < -0.3 is 9.47 Å². The van der Waals surface area contributed by atoms with Crippen molar-refractivity contribution in [3.8, 4) is 5.75 Å². The maximum absolute atomic E-state index is 12.1. The van der Waals surface area contributed by atoms with E-state index in [0.717, 1.165) is 15.6 Å². The van der Waals surface area contributed by atoms with Gasteiger partial charge in [-0.15, -0.1) is 0 Å². The van der Waals surface area contributed by atoms with Crippen molar-refractivity contribution in [1.29, 1.82) is 0 Å². The van der Waals surface area contributed by atoms with Gasteiger partial charge in [0.25, 0.3) is 0 Å². The van der Waals surface area contributed by atoms with Gasteiger partial charge in [-0.25, -0.2) is 9.79 Å². The lowest BCUT2D eigenvalue weighted by atomic mass is 10.1.